The van der Waals surface area contributed by atoms with Gasteiger partial charge in [-0.2, -0.15) is 9.98 Å². The molecule has 0 aromatic heterocycles. The number of hydrogen-bond acceptors (Lipinski definition) is 4. The molecule has 0 saturated heterocycles. The summed E-state index contributed by atoms with van der Waals surface area (Å²) >= 11 is 0. The van der Waals surface area contributed by atoms with Crippen molar-refractivity contribution in [3.8, 4) is 22.3 Å². The van der Waals surface area contributed by atoms with Crippen LogP contribution in [0.3, 0.4) is 0 Å². The molecule has 0 radical (unpaired) electrons. The summed E-state index contributed by atoms with van der Waals surface area (Å²) in [5, 5.41) is 2.13. The van der Waals surface area contributed by atoms with Gasteiger partial charge < -0.3 is 0 Å². The summed E-state index contributed by atoms with van der Waals surface area (Å²) < 4.78 is 0. The van der Waals surface area contributed by atoms with Gasteiger partial charge in [0.05, 0.1) is 11.4 Å². The number of carbonyl (C=O) groups excluding carboxylic acids is 2. The summed E-state index contributed by atoms with van der Waals surface area (Å²) in [5.74, 6) is 0. The maximum absolute atomic E-state index is 11.5. The maximum atomic E-state index is 11.5. The van der Waals surface area contributed by atoms with Gasteiger partial charge in [-0.05, 0) is 58.7 Å². The number of aliphatic imine (C=N–C) groups is 2. The van der Waals surface area contributed by atoms with E-state index in [1.807, 2.05) is 48.5 Å². The van der Waals surface area contributed by atoms with Gasteiger partial charge in [-0.1, -0.05) is 99.5 Å². The Morgan fingerprint density at radius 1 is 0.611 bits per heavy atom. The molecule has 0 aliphatic carbocycles. The van der Waals surface area contributed by atoms with Crippen LogP contribution >= 0.6 is 0 Å². The highest BCUT2D eigenvalue weighted by molar-refractivity contribution is 6.08. The highest BCUT2D eigenvalue weighted by atomic mass is 16.1. The van der Waals surface area contributed by atoms with E-state index in [9.17, 15) is 9.59 Å². The lowest BCUT2D eigenvalue weighted by Gasteiger charge is -2.19. The summed E-state index contributed by atoms with van der Waals surface area (Å²) in [4.78, 5) is 31.4. The first-order valence-corrected chi connectivity index (χ1v) is 12.7. The topological polar surface area (TPSA) is 58.9 Å². The van der Waals surface area contributed by atoms with E-state index in [0.717, 1.165) is 82.7 Å². The zero-order chi connectivity index (χ0) is 25.3. The molecule has 0 bridgehead atoms. The third kappa shape index (κ3) is 5.11. The Balaban J connectivity index is 2.09. The second-order valence-electron chi connectivity index (χ2n) is 8.95. The van der Waals surface area contributed by atoms with Crippen molar-refractivity contribution >= 4 is 34.3 Å². The highest BCUT2D eigenvalue weighted by Crippen LogP contribution is 2.46. The molecule has 0 fully saturated rings. The van der Waals surface area contributed by atoms with E-state index >= 15 is 0 Å². The second kappa shape index (κ2) is 12.0. The van der Waals surface area contributed by atoms with Gasteiger partial charge in [-0.3, -0.25) is 0 Å². The number of nitrogens with zero attached hydrogens (tertiary/aromatic N) is 2. The SMILES string of the molecule is CCCCc1cccc(-c2ccc3ccccc3c2-c2cccc(CCCC)c2N=C=O)c1N=C=O. The van der Waals surface area contributed by atoms with E-state index in [1.165, 1.54) is 0 Å². The number of benzene rings is 4. The molecule has 4 aromatic carbocycles. The minimum absolute atomic E-state index is 0.653. The quantitative estimate of drug-likeness (QED) is 0.170. The molecule has 4 rings (SSSR count). The largest absolute Gasteiger partial charge is 0.240 e. The van der Waals surface area contributed by atoms with E-state index in [4.69, 9.17) is 0 Å². The Morgan fingerprint density at radius 2 is 1.19 bits per heavy atom. The van der Waals surface area contributed by atoms with Crippen LogP contribution in [-0.2, 0) is 22.4 Å². The molecule has 4 aromatic rings. The lowest BCUT2D eigenvalue weighted by molar-refractivity contribution is 0.564. The first-order valence-electron chi connectivity index (χ1n) is 12.7. The molecule has 0 amide bonds. The van der Waals surface area contributed by atoms with E-state index in [1.54, 1.807) is 12.2 Å². The third-order valence-electron chi connectivity index (χ3n) is 6.64. The number of aryl methyl sites for hydroxylation is 2. The Kier molecular flexibility index (Phi) is 8.36. The van der Waals surface area contributed by atoms with Crippen LogP contribution < -0.4 is 0 Å². The van der Waals surface area contributed by atoms with Crippen molar-refractivity contribution < 1.29 is 9.59 Å². The molecule has 0 unspecified atom stereocenters. The molecule has 0 N–H and O–H groups in total. The highest BCUT2D eigenvalue weighted by Gasteiger charge is 2.20. The van der Waals surface area contributed by atoms with Gasteiger partial charge in [0, 0.05) is 11.1 Å². The third-order valence-corrected chi connectivity index (χ3v) is 6.64. The van der Waals surface area contributed by atoms with Crippen molar-refractivity contribution in [1.29, 1.82) is 0 Å². The number of fused-ring (bicyclic) bond motifs is 1. The zero-order valence-corrected chi connectivity index (χ0v) is 20.9. The molecule has 4 heteroatoms. The van der Waals surface area contributed by atoms with Crippen molar-refractivity contribution in [1.82, 2.24) is 0 Å². The summed E-state index contributed by atoms with van der Waals surface area (Å²) in [5.41, 5.74) is 7.01. The van der Waals surface area contributed by atoms with Gasteiger partial charge in [-0.15, -0.1) is 0 Å². The normalized spacial score (nSPS) is 10.6. The average Bonchev–Trinajstić information content (AvgIpc) is 2.91. The van der Waals surface area contributed by atoms with Crippen LogP contribution in [0.15, 0.2) is 82.8 Å². The van der Waals surface area contributed by atoms with Gasteiger partial charge in [0.1, 0.15) is 0 Å². The summed E-state index contributed by atoms with van der Waals surface area (Å²) in [6, 6.07) is 24.5. The number of unbranched alkanes of at least 4 members (excludes halogenated alkanes) is 2. The fourth-order valence-corrected chi connectivity index (χ4v) is 4.88. The van der Waals surface area contributed by atoms with Gasteiger partial charge in [-0.25, -0.2) is 9.59 Å². The fraction of sp³-hybridized carbons (Fsp3) is 0.250. The average molecular weight is 475 g/mol. The summed E-state index contributed by atoms with van der Waals surface area (Å²) in [6.07, 6.45) is 9.34. The molecule has 0 aliphatic rings. The van der Waals surface area contributed by atoms with Crippen molar-refractivity contribution in [2.45, 2.75) is 52.4 Å². The summed E-state index contributed by atoms with van der Waals surface area (Å²) in [7, 11) is 0. The van der Waals surface area contributed by atoms with Crippen molar-refractivity contribution in [2.24, 2.45) is 9.98 Å². The Morgan fingerprint density at radius 3 is 1.81 bits per heavy atom. The van der Waals surface area contributed by atoms with Crippen LogP contribution in [-0.4, -0.2) is 12.2 Å². The Hall–Kier alpha value is -4.10. The standard InChI is InChI=1S/C32H30N2O2/c1-3-5-11-24-14-9-17-28(31(24)33-21-35)27-20-19-23-13-7-8-16-26(23)30(27)29-18-10-15-25(12-6-4-2)32(29)34-22-36/h7-10,13-20H,3-6,11-12H2,1-2H3. The van der Waals surface area contributed by atoms with E-state index in [2.05, 4.69) is 48.1 Å². The minimum atomic E-state index is 0.653. The van der Waals surface area contributed by atoms with Crippen LogP contribution in [0.2, 0.25) is 0 Å². The molecule has 0 atom stereocenters. The Labute approximate surface area is 212 Å². The van der Waals surface area contributed by atoms with E-state index < -0.39 is 0 Å². The van der Waals surface area contributed by atoms with Crippen molar-refractivity contribution in [2.75, 3.05) is 0 Å². The van der Waals surface area contributed by atoms with Crippen molar-refractivity contribution in [3.05, 3.63) is 83.9 Å². The molecule has 0 saturated carbocycles. The Bertz CT molecular complexity index is 1480. The van der Waals surface area contributed by atoms with Crippen molar-refractivity contribution in [3.63, 3.8) is 0 Å². The van der Waals surface area contributed by atoms with Gasteiger partial charge in [0.2, 0.25) is 12.2 Å². The van der Waals surface area contributed by atoms with Crippen LogP contribution in [0.1, 0.15) is 50.7 Å². The summed E-state index contributed by atoms with van der Waals surface area (Å²) in [6.45, 7) is 4.30. The molecular formula is C32H30N2O2. The van der Waals surface area contributed by atoms with Gasteiger partial charge >= 0.3 is 0 Å². The molecule has 0 heterocycles. The predicted octanol–water partition coefficient (Wildman–Crippen LogP) is 8.79. The molecule has 36 heavy (non-hydrogen) atoms. The fourth-order valence-electron chi connectivity index (χ4n) is 4.88. The maximum Gasteiger partial charge on any atom is 0.240 e. The molecular weight excluding hydrogens is 444 g/mol. The van der Waals surface area contributed by atoms with E-state index in [0.29, 0.717) is 11.4 Å². The smallest absolute Gasteiger partial charge is 0.211 e. The van der Waals surface area contributed by atoms with Crippen LogP contribution in [0.4, 0.5) is 11.4 Å². The minimum Gasteiger partial charge on any atom is -0.211 e. The lowest BCUT2D eigenvalue weighted by Crippen LogP contribution is -1.94. The zero-order valence-electron chi connectivity index (χ0n) is 20.9. The molecule has 180 valence electrons. The molecule has 4 nitrogen and oxygen atoms in total. The van der Waals surface area contributed by atoms with Crippen LogP contribution in [0.5, 0.6) is 0 Å². The number of isocyanates is 2. The van der Waals surface area contributed by atoms with E-state index in [-0.39, 0.29) is 0 Å². The van der Waals surface area contributed by atoms with Crippen LogP contribution in [0.25, 0.3) is 33.0 Å². The first kappa shape index (κ1) is 25.0. The predicted molar refractivity (Wildman–Crippen MR) is 148 cm³/mol. The molecule has 0 aliphatic heterocycles. The van der Waals surface area contributed by atoms with Crippen LogP contribution in [0, 0.1) is 0 Å². The van der Waals surface area contributed by atoms with Gasteiger partial charge in [0.15, 0.2) is 0 Å². The monoisotopic (exact) mass is 474 g/mol. The van der Waals surface area contributed by atoms with Gasteiger partial charge in [0.25, 0.3) is 0 Å². The lowest BCUT2D eigenvalue weighted by atomic mass is 9.86. The number of rotatable bonds is 10. The second-order valence-corrected chi connectivity index (χ2v) is 8.95. The number of hydrogen-bond donors (Lipinski definition) is 0. The number of para-hydroxylation sites is 2. The first-order chi connectivity index (χ1) is 17.7. The molecule has 0 spiro atoms.